The molecular weight excluding hydrogens is 240 g/mol. The van der Waals surface area contributed by atoms with Crippen LogP contribution in [-0.4, -0.2) is 9.97 Å². The Labute approximate surface area is 104 Å². The molecule has 1 atom stereocenters. The van der Waals surface area contributed by atoms with Crippen molar-refractivity contribution in [2.75, 3.05) is 0 Å². The van der Waals surface area contributed by atoms with E-state index in [4.69, 9.17) is 11.6 Å². The van der Waals surface area contributed by atoms with Gasteiger partial charge < -0.3 is 0 Å². The van der Waals surface area contributed by atoms with Crippen molar-refractivity contribution in [3.8, 4) is 10.7 Å². The van der Waals surface area contributed by atoms with Crippen LogP contribution < -0.4 is 0 Å². The van der Waals surface area contributed by atoms with Crippen molar-refractivity contribution in [2.24, 2.45) is 0 Å². The Hall–Kier alpha value is -0.930. The summed E-state index contributed by atoms with van der Waals surface area (Å²) in [5.41, 5.74) is 2.04. The summed E-state index contributed by atoms with van der Waals surface area (Å²) < 4.78 is 0. The maximum Gasteiger partial charge on any atom is 0.142 e. The van der Waals surface area contributed by atoms with Gasteiger partial charge in [-0.15, -0.1) is 11.3 Å². The lowest BCUT2D eigenvalue weighted by molar-refractivity contribution is 0.714. The zero-order valence-electron chi connectivity index (χ0n) is 9.27. The molecule has 16 heavy (non-hydrogen) atoms. The molecule has 4 heteroatoms. The molecule has 0 aliphatic rings. The quantitative estimate of drug-likeness (QED) is 0.811. The molecule has 2 heterocycles. The van der Waals surface area contributed by atoms with Crippen LogP contribution in [0.25, 0.3) is 10.7 Å². The van der Waals surface area contributed by atoms with Crippen LogP contribution in [0, 0.1) is 0 Å². The van der Waals surface area contributed by atoms with E-state index >= 15 is 0 Å². The standard InChI is InChI=1S/C12H13ClN2S/c1-3-8(2)11-7-16-12(15-11)10-5-4-9(13)6-14-10/h4-8H,3H2,1-2H3. The summed E-state index contributed by atoms with van der Waals surface area (Å²) in [7, 11) is 0. The molecule has 2 aromatic heterocycles. The Balaban J connectivity index is 2.28. The third-order valence-electron chi connectivity index (χ3n) is 2.59. The summed E-state index contributed by atoms with van der Waals surface area (Å²) >= 11 is 7.43. The summed E-state index contributed by atoms with van der Waals surface area (Å²) in [6, 6.07) is 3.75. The van der Waals surface area contributed by atoms with Gasteiger partial charge in [0.05, 0.1) is 16.4 Å². The second kappa shape index (κ2) is 4.93. The van der Waals surface area contributed by atoms with Gasteiger partial charge in [0, 0.05) is 11.6 Å². The van der Waals surface area contributed by atoms with Gasteiger partial charge in [-0.25, -0.2) is 4.98 Å². The van der Waals surface area contributed by atoms with Crippen molar-refractivity contribution in [2.45, 2.75) is 26.2 Å². The van der Waals surface area contributed by atoms with Crippen LogP contribution >= 0.6 is 22.9 Å². The maximum atomic E-state index is 5.80. The normalized spacial score (nSPS) is 12.7. The Kier molecular flexibility index (Phi) is 3.56. The van der Waals surface area contributed by atoms with Crippen LogP contribution in [0.4, 0.5) is 0 Å². The average Bonchev–Trinajstić information content (AvgIpc) is 2.78. The van der Waals surface area contributed by atoms with E-state index in [0.29, 0.717) is 10.9 Å². The zero-order valence-corrected chi connectivity index (χ0v) is 10.8. The van der Waals surface area contributed by atoms with Gasteiger partial charge in [-0.2, -0.15) is 0 Å². The molecule has 1 unspecified atom stereocenters. The molecule has 0 aromatic carbocycles. The summed E-state index contributed by atoms with van der Waals surface area (Å²) in [6.45, 7) is 4.36. The monoisotopic (exact) mass is 252 g/mol. The molecule has 0 amide bonds. The van der Waals surface area contributed by atoms with Gasteiger partial charge in [-0.1, -0.05) is 25.4 Å². The lowest BCUT2D eigenvalue weighted by Gasteiger charge is -2.02. The largest absolute Gasteiger partial charge is 0.252 e. The van der Waals surface area contributed by atoms with Crippen LogP contribution in [-0.2, 0) is 0 Å². The van der Waals surface area contributed by atoms with E-state index in [0.717, 1.165) is 22.8 Å². The number of thiazole rings is 1. The first-order chi connectivity index (χ1) is 7.70. The Morgan fingerprint density at radius 2 is 2.25 bits per heavy atom. The third-order valence-corrected chi connectivity index (χ3v) is 3.69. The van der Waals surface area contributed by atoms with Crippen molar-refractivity contribution in [1.29, 1.82) is 0 Å². The number of rotatable bonds is 3. The first kappa shape index (κ1) is 11.6. The van der Waals surface area contributed by atoms with Crippen molar-refractivity contribution in [3.63, 3.8) is 0 Å². The van der Waals surface area contributed by atoms with Crippen LogP contribution in [0.2, 0.25) is 5.02 Å². The molecular formula is C12H13ClN2S. The predicted octanol–water partition coefficient (Wildman–Crippen LogP) is 4.37. The number of aromatic nitrogens is 2. The van der Waals surface area contributed by atoms with E-state index in [-0.39, 0.29) is 0 Å². The highest BCUT2D eigenvalue weighted by Gasteiger charge is 2.10. The molecule has 2 rings (SSSR count). The van der Waals surface area contributed by atoms with Crippen LogP contribution in [0.15, 0.2) is 23.7 Å². The summed E-state index contributed by atoms with van der Waals surface area (Å²) in [5, 5.41) is 3.73. The Bertz CT molecular complexity index is 464. The SMILES string of the molecule is CCC(C)c1csc(-c2ccc(Cl)cn2)n1. The van der Waals surface area contributed by atoms with Gasteiger partial charge in [0.2, 0.25) is 0 Å². The minimum atomic E-state index is 0.511. The molecule has 0 radical (unpaired) electrons. The van der Waals surface area contributed by atoms with Gasteiger partial charge >= 0.3 is 0 Å². The zero-order chi connectivity index (χ0) is 11.5. The fourth-order valence-electron chi connectivity index (χ4n) is 1.34. The predicted molar refractivity (Wildman–Crippen MR) is 69.1 cm³/mol. The number of halogens is 1. The minimum absolute atomic E-state index is 0.511. The molecule has 0 aliphatic carbocycles. The van der Waals surface area contributed by atoms with E-state index in [1.165, 1.54) is 0 Å². The Morgan fingerprint density at radius 1 is 1.44 bits per heavy atom. The maximum absolute atomic E-state index is 5.80. The van der Waals surface area contributed by atoms with E-state index in [2.05, 4.69) is 29.2 Å². The van der Waals surface area contributed by atoms with Crippen LogP contribution in [0.5, 0.6) is 0 Å². The summed E-state index contributed by atoms with van der Waals surface area (Å²) in [4.78, 5) is 8.86. The highest BCUT2D eigenvalue weighted by Crippen LogP contribution is 2.27. The van der Waals surface area contributed by atoms with E-state index < -0.39 is 0 Å². The van der Waals surface area contributed by atoms with Crippen LogP contribution in [0.1, 0.15) is 31.9 Å². The molecule has 0 bridgehead atoms. The minimum Gasteiger partial charge on any atom is -0.252 e. The van der Waals surface area contributed by atoms with E-state index in [9.17, 15) is 0 Å². The van der Waals surface area contributed by atoms with Crippen molar-refractivity contribution in [3.05, 3.63) is 34.4 Å². The van der Waals surface area contributed by atoms with Crippen molar-refractivity contribution in [1.82, 2.24) is 9.97 Å². The van der Waals surface area contributed by atoms with Gasteiger partial charge in [0.1, 0.15) is 5.01 Å². The summed E-state index contributed by atoms with van der Waals surface area (Å²) in [6.07, 6.45) is 2.76. The van der Waals surface area contributed by atoms with E-state index in [1.807, 2.05) is 12.1 Å². The van der Waals surface area contributed by atoms with E-state index in [1.54, 1.807) is 17.5 Å². The average molecular weight is 253 g/mol. The van der Waals surface area contributed by atoms with Gasteiger partial charge in [0.25, 0.3) is 0 Å². The molecule has 0 saturated carbocycles. The van der Waals surface area contributed by atoms with Gasteiger partial charge in [-0.3, -0.25) is 4.98 Å². The number of hydrogen-bond donors (Lipinski definition) is 0. The molecule has 0 saturated heterocycles. The smallest absolute Gasteiger partial charge is 0.142 e. The van der Waals surface area contributed by atoms with Crippen molar-refractivity contribution >= 4 is 22.9 Å². The molecule has 2 nitrogen and oxygen atoms in total. The molecule has 0 aliphatic heterocycles. The highest BCUT2D eigenvalue weighted by molar-refractivity contribution is 7.13. The van der Waals surface area contributed by atoms with Crippen LogP contribution in [0.3, 0.4) is 0 Å². The topological polar surface area (TPSA) is 25.8 Å². The van der Waals surface area contributed by atoms with Crippen molar-refractivity contribution < 1.29 is 0 Å². The molecule has 84 valence electrons. The molecule has 0 N–H and O–H groups in total. The number of nitrogens with zero attached hydrogens (tertiary/aromatic N) is 2. The Morgan fingerprint density at radius 3 is 2.88 bits per heavy atom. The highest BCUT2D eigenvalue weighted by atomic mass is 35.5. The van der Waals surface area contributed by atoms with Gasteiger partial charge in [-0.05, 0) is 24.5 Å². The second-order valence-electron chi connectivity index (χ2n) is 3.75. The first-order valence-electron chi connectivity index (χ1n) is 5.28. The summed E-state index contributed by atoms with van der Waals surface area (Å²) in [5.74, 6) is 0.511. The fraction of sp³-hybridized carbons (Fsp3) is 0.333. The molecule has 0 spiro atoms. The first-order valence-corrected chi connectivity index (χ1v) is 6.53. The third kappa shape index (κ3) is 2.42. The molecule has 2 aromatic rings. The second-order valence-corrected chi connectivity index (χ2v) is 5.04. The molecule has 0 fully saturated rings. The fourth-order valence-corrected chi connectivity index (χ4v) is 2.37. The lowest BCUT2D eigenvalue weighted by Crippen LogP contribution is -1.91. The number of pyridine rings is 1. The number of hydrogen-bond acceptors (Lipinski definition) is 3. The van der Waals surface area contributed by atoms with Gasteiger partial charge in [0.15, 0.2) is 0 Å². The lowest BCUT2D eigenvalue weighted by atomic mass is 10.1.